The molecule has 0 bridgehead atoms. The van der Waals surface area contributed by atoms with E-state index < -0.39 is 16.1 Å². The topological polar surface area (TPSA) is 6.48 Å². The normalized spacial score (nSPS) is 14.3. The van der Waals surface area contributed by atoms with Gasteiger partial charge in [0.15, 0.2) is 16.1 Å². The fourth-order valence-corrected chi connectivity index (χ4v) is 21.7. The van der Waals surface area contributed by atoms with Gasteiger partial charge in [0.25, 0.3) is 0 Å². The standard InChI is InChI=1S/C63H50N2Si2/c1-63(2)55-37-18-20-39-57(55)64(58-40-21-19-38-56(58)63)48-43-44-60-62(46-48)67(52-32-14-6-15-33-52,53-34-16-7-17-35-53)61-42-23-22-41-59(61)65(60)47-25-24-36-54(45-47)66(49-26-8-3-9-27-49,50-28-10-4-11-29-50)51-30-12-5-13-31-51/h3-46H,1-2H3. The first kappa shape index (κ1) is 40.7. The predicted octanol–water partition coefficient (Wildman–Crippen LogP) is 10.3. The molecule has 0 spiro atoms. The van der Waals surface area contributed by atoms with E-state index in [0.717, 1.165) is 11.4 Å². The number of anilines is 6. The lowest BCUT2D eigenvalue weighted by Gasteiger charge is -2.46. The van der Waals surface area contributed by atoms with E-state index in [1.165, 1.54) is 75.4 Å². The Labute approximate surface area is 396 Å². The molecule has 2 aliphatic rings. The van der Waals surface area contributed by atoms with Crippen LogP contribution in [0, 0.1) is 0 Å². The van der Waals surface area contributed by atoms with Crippen LogP contribution in [-0.4, -0.2) is 16.1 Å². The lowest BCUT2D eigenvalue weighted by molar-refractivity contribution is 0.632. The number of para-hydroxylation sites is 3. The van der Waals surface area contributed by atoms with Crippen molar-refractivity contribution in [1.82, 2.24) is 0 Å². The third-order valence-corrected chi connectivity index (χ3v) is 24.3. The molecule has 2 heterocycles. The van der Waals surface area contributed by atoms with E-state index in [4.69, 9.17) is 0 Å². The van der Waals surface area contributed by atoms with Crippen LogP contribution in [0.3, 0.4) is 0 Å². The molecule has 0 fully saturated rings. The van der Waals surface area contributed by atoms with Crippen molar-refractivity contribution in [1.29, 1.82) is 0 Å². The highest BCUT2D eigenvalue weighted by Crippen LogP contribution is 2.52. The summed E-state index contributed by atoms with van der Waals surface area (Å²) in [6.45, 7) is 4.73. The van der Waals surface area contributed by atoms with Crippen LogP contribution in [0.15, 0.2) is 267 Å². The van der Waals surface area contributed by atoms with Gasteiger partial charge in [-0.15, -0.1) is 0 Å². The number of rotatable bonds is 8. The summed E-state index contributed by atoms with van der Waals surface area (Å²) in [6, 6.07) is 101. The van der Waals surface area contributed by atoms with Gasteiger partial charge in [0.05, 0.1) is 11.4 Å². The summed E-state index contributed by atoms with van der Waals surface area (Å²) in [7, 11) is -5.87. The van der Waals surface area contributed by atoms with Gasteiger partial charge in [-0.3, -0.25) is 0 Å². The highest BCUT2D eigenvalue weighted by Gasteiger charge is 2.50. The first-order valence-electron chi connectivity index (χ1n) is 23.4. The number of hydrogen-bond acceptors (Lipinski definition) is 2. The average molecular weight is 891 g/mol. The van der Waals surface area contributed by atoms with Crippen molar-refractivity contribution in [2.45, 2.75) is 19.3 Å². The molecular weight excluding hydrogens is 841 g/mol. The number of nitrogens with zero attached hydrogens (tertiary/aromatic N) is 2. The molecule has 4 heteroatoms. The van der Waals surface area contributed by atoms with Crippen LogP contribution in [0.2, 0.25) is 0 Å². The molecule has 67 heavy (non-hydrogen) atoms. The lowest BCUT2D eigenvalue weighted by Crippen LogP contribution is -2.77. The molecule has 0 N–H and O–H groups in total. The zero-order chi connectivity index (χ0) is 45.0. The van der Waals surface area contributed by atoms with Crippen LogP contribution in [0.1, 0.15) is 25.0 Å². The Balaban J connectivity index is 1.16. The zero-order valence-corrected chi connectivity index (χ0v) is 39.8. The first-order valence-corrected chi connectivity index (χ1v) is 27.4. The second kappa shape index (κ2) is 16.3. The van der Waals surface area contributed by atoms with Crippen molar-refractivity contribution in [3.8, 4) is 0 Å². The summed E-state index contributed by atoms with van der Waals surface area (Å²) in [6.07, 6.45) is 0. The second-order valence-electron chi connectivity index (χ2n) is 18.4. The van der Waals surface area contributed by atoms with Gasteiger partial charge in [-0.25, -0.2) is 0 Å². The van der Waals surface area contributed by atoms with E-state index >= 15 is 0 Å². The molecule has 320 valence electrons. The molecule has 2 nitrogen and oxygen atoms in total. The monoisotopic (exact) mass is 890 g/mol. The number of benzene rings is 10. The van der Waals surface area contributed by atoms with Crippen molar-refractivity contribution >= 4 is 91.8 Å². The predicted molar refractivity (Wildman–Crippen MR) is 289 cm³/mol. The maximum Gasteiger partial charge on any atom is 0.184 e. The highest BCUT2D eigenvalue weighted by molar-refractivity contribution is 7.21. The highest BCUT2D eigenvalue weighted by atomic mass is 28.3. The summed E-state index contributed by atoms with van der Waals surface area (Å²) >= 11 is 0. The van der Waals surface area contributed by atoms with Crippen LogP contribution >= 0.6 is 0 Å². The van der Waals surface area contributed by atoms with Crippen LogP contribution in [-0.2, 0) is 5.41 Å². The molecule has 0 aromatic heterocycles. The molecule has 12 rings (SSSR count). The summed E-state index contributed by atoms with van der Waals surface area (Å²) in [5.74, 6) is 0. The molecular formula is C63H50N2Si2. The van der Waals surface area contributed by atoms with Gasteiger partial charge in [0.2, 0.25) is 0 Å². The van der Waals surface area contributed by atoms with Gasteiger partial charge >= 0.3 is 0 Å². The maximum atomic E-state index is 2.58. The Morgan fingerprint density at radius 1 is 0.313 bits per heavy atom. The molecule has 0 atom stereocenters. The van der Waals surface area contributed by atoms with Crippen molar-refractivity contribution in [3.05, 3.63) is 278 Å². The third-order valence-electron chi connectivity index (χ3n) is 14.6. The molecule has 0 saturated carbocycles. The Kier molecular flexibility index (Phi) is 9.90. The minimum absolute atomic E-state index is 0.164. The molecule has 10 aromatic rings. The second-order valence-corrected chi connectivity index (χ2v) is 26.0. The minimum atomic E-state index is -3.03. The van der Waals surface area contributed by atoms with Crippen molar-refractivity contribution in [3.63, 3.8) is 0 Å². The van der Waals surface area contributed by atoms with E-state index in [2.05, 4.69) is 291 Å². The first-order chi connectivity index (χ1) is 33.0. The van der Waals surface area contributed by atoms with E-state index in [9.17, 15) is 0 Å². The largest absolute Gasteiger partial charge is 0.311 e. The van der Waals surface area contributed by atoms with Crippen LogP contribution in [0.5, 0.6) is 0 Å². The lowest BCUT2D eigenvalue weighted by atomic mass is 9.73. The number of fused-ring (bicyclic) bond motifs is 4. The van der Waals surface area contributed by atoms with Gasteiger partial charge in [-0.1, -0.05) is 232 Å². The summed E-state index contributed by atoms with van der Waals surface area (Å²) in [5, 5.41) is 10.9. The number of hydrogen-bond donors (Lipinski definition) is 0. The molecule has 0 radical (unpaired) electrons. The quantitative estimate of drug-likeness (QED) is 0.111. The Hall–Kier alpha value is -7.77. The van der Waals surface area contributed by atoms with Crippen LogP contribution < -0.4 is 51.3 Å². The Morgan fingerprint density at radius 2 is 0.701 bits per heavy atom. The van der Waals surface area contributed by atoms with E-state index in [1.807, 2.05) is 0 Å². The molecule has 0 aliphatic carbocycles. The van der Waals surface area contributed by atoms with Crippen LogP contribution in [0.25, 0.3) is 0 Å². The molecule has 0 amide bonds. The molecule has 2 aliphatic heterocycles. The van der Waals surface area contributed by atoms with Crippen LogP contribution in [0.4, 0.5) is 34.1 Å². The van der Waals surface area contributed by atoms with Crippen molar-refractivity contribution < 1.29 is 0 Å². The molecule has 0 saturated heterocycles. The fraction of sp³-hybridized carbons (Fsp3) is 0.0476. The van der Waals surface area contributed by atoms with Gasteiger partial charge in [-0.2, -0.15) is 0 Å². The third kappa shape index (κ3) is 6.21. The Bertz CT molecular complexity index is 3210. The molecule has 10 aromatic carbocycles. The van der Waals surface area contributed by atoms with E-state index in [-0.39, 0.29) is 5.41 Å². The smallest absolute Gasteiger partial charge is 0.184 e. The van der Waals surface area contributed by atoms with E-state index in [1.54, 1.807) is 0 Å². The van der Waals surface area contributed by atoms with Gasteiger partial charge in [0, 0.05) is 28.2 Å². The van der Waals surface area contributed by atoms with Crippen molar-refractivity contribution in [2.75, 3.05) is 9.80 Å². The summed E-state index contributed by atoms with van der Waals surface area (Å²) in [4.78, 5) is 5.10. The fourth-order valence-electron chi connectivity index (χ4n) is 11.8. The summed E-state index contributed by atoms with van der Waals surface area (Å²) < 4.78 is 0. The zero-order valence-electron chi connectivity index (χ0n) is 37.8. The van der Waals surface area contributed by atoms with Gasteiger partial charge < -0.3 is 9.80 Å². The minimum Gasteiger partial charge on any atom is -0.311 e. The molecule has 0 unspecified atom stereocenters. The summed E-state index contributed by atoms with van der Waals surface area (Å²) in [5.41, 5.74) is 9.69. The maximum absolute atomic E-state index is 3.03. The van der Waals surface area contributed by atoms with Gasteiger partial charge in [0.1, 0.15) is 0 Å². The van der Waals surface area contributed by atoms with Gasteiger partial charge in [-0.05, 0) is 101 Å². The average Bonchev–Trinajstić information content (AvgIpc) is 3.40. The van der Waals surface area contributed by atoms with E-state index in [0.29, 0.717) is 0 Å². The van der Waals surface area contributed by atoms with Crippen molar-refractivity contribution in [2.24, 2.45) is 0 Å². The SMILES string of the molecule is CC1(C)c2ccccc2N(c2ccc3c(c2)[Si](c2ccccc2)(c2ccccc2)c2ccccc2N3c2cccc([Si](c3ccccc3)(c3ccccc3)c3ccccc3)c2)c2ccccc21. The Morgan fingerprint density at radius 3 is 1.22 bits per heavy atom.